The fraction of sp³-hybridized carbons (Fsp3) is 0.667. The van der Waals surface area contributed by atoms with Gasteiger partial charge in [0.25, 0.3) is 0 Å². The van der Waals surface area contributed by atoms with Crippen molar-refractivity contribution in [3.05, 3.63) is 34.9 Å². The van der Waals surface area contributed by atoms with Gasteiger partial charge >= 0.3 is 0 Å². The Bertz CT molecular complexity index is 612. The molecule has 1 amide bonds. The van der Waals surface area contributed by atoms with E-state index in [2.05, 4.69) is 17.0 Å². The Morgan fingerprint density at radius 2 is 1.58 bits per heavy atom. The van der Waals surface area contributed by atoms with Crippen LogP contribution < -0.4 is 0 Å². The van der Waals surface area contributed by atoms with Crippen molar-refractivity contribution in [2.45, 2.75) is 51.0 Å². The molecule has 4 bridgehead atoms. The molecule has 1 aliphatic heterocycles. The lowest BCUT2D eigenvalue weighted by molar-refractivity contribution is -0.141. The summed E-state index contributed by atoms with van der Waals surface area (Å²) in [5, 5.41) is 0.770. The van der Waals surface area contributed by atoms with Gasteiger partial charge in [-0.25, -0.2) is 0 Å². The van der Waals surface area contributed by atoms with Gasteiger partial charge in [-0.05, 0) is 86.3 Å². The normalized spacial score (nSPS) is 40.5. The SMILES string of the molecule is O=C1C(Cc2ccc(Cl)cc2)CCN1C1C2CC3CC(C2)CC1C3. The van der Waals surface area contributed by atoms with E-state index in [1.54, 1.807) is 0 Å². The minimum atomic E-state index is 0.184. The van der Waals surface area contributed by atoms with Crippen molar-refractivity contribution in [1.29, 1.82) is 0 Å². The van der Waals surface area contributed by atoms with E-state index >= 15 is 0 Å². The van der Waals surface area contributed by atoms with Crippen LogP contribution in [0.4, 0.5) is 0 Å². The van der Waals surface area contributed by atoms with E-state index in [9.17, 15) is 4.79 Å². The molecule has 128 valence electrons. The van der Waals surface area contributed by atoms with Crippen molar-refractivity contribution in [3.8, 4) is 0 Å². The van der Waals surface area contributed by atoms with Crippen molar-refractivity contribution < 1.29 is 4.79 Å². The van der Waals surface area contributed by atoms with Crippen LogP contribution in [0.25, 0.3) is 0 Å². The third-order valence-electron chi connectivity index (χ3n) is 7.28. The largest absolute Gasteiger partial charge is 0.339 e. The first kappa shape index (κ1) is 15.3. The van der Waals surface area contributed by atoms with Gasteiger partial charge in [0.1, 0.15) is 0 Å². The molecule has 5 fully saturated rings. The van der Waals surface area contributed by atoms with Crippen LogP contribution in [0, 0.1) is 29.6 Å². The third kappa shape index (κ3) is 2.49. The number of amides is 1. The van der Waals surface area contributed by atoms with Gasteiger partial charge in [0.2, 0.25) is 5.91 Å². The van der Waals surface area contributed by atoms with Crippen molar-refractivity contribution in [1.82, 2.24) is 4.90 Å². The molecule has 4 aliphatic carbocycles. The maximum absolute atomic E-state index is 13.1. The fourth-order valence-electron chi connectivity index (χ4n) is 6.56. The van der Waals surface area contributed by atoms with E-state index in [1.807, 2.05) is 12.1 Å². The van der Waals surface area contributed by atoms with Gasteiger partial charge in [-0.1, -0.05) is 23.7 Å². The molecular weight excluding hydrogens is 318 g/mol. The summed E-state index contributed by atoms with van der Waals surface area (Å²) < 4.78 is 0. The predicted octanol–water partition coefficient (Wildman–Crippen LogP) is 4.56. The van der Waals surface area contributed by atoms with Gasteiger partial charge in [0, 0.05) is 23.5 Å². The van der Waals surface area contributed by atoms with Crippen LogP contribution in [0.5, 0.6) is 0 Å². The Morgan fingerprint density at radius 1 is 0.958 bits per heavy atom. The second-order valence-corrected chi connectivity index (χ2v) is 9.21. The summed E-state index contributed by atoms with van der Waals surface area (Å²) in [5.74, 6) is 4.18. The van der Waals surface area contributed by atoms with Crippen molar-refractivity contribution in [2.24, 2.45) is 29.6 Å². The quantitative estimate of drug-likeness (QED) is 0.788. The molecule has 0 aromatic heterocycles. The molecule has 1 saturated heterocycles. The van der Waals surface area contributed by atoms with E-state index in [-0.39, 0.29) is 5.92 Å². The number of rotatable bonds is 3. The second-order valence-electron chi connectivity index (χ2n) is 8.77. The Balaban J connectivity index is 1.30. The maximum Gasteiger partial charge on any atom is 0.226 e. The van der Waals surface area contributed by atoms with E-state index in [4.69, 9.17) is 11.6 Å². The van der Waals surface area contributed by atoms with Crippen molar-refractivity contribution in [3.63, 3.8) is 0 Å². The Kier molecular flexibility index (Phi) is 3.66. The summed E-state index contributed by atoms with van der Waals surface area (Å²) in [7, 11) is 0. The van der Waals surface area contributed by atoms with Crippen molar-refractivity contribution >= 4 is 17.5 Å². The predicted molar refractivity (Wildman–Crippen MR) is 95.8 cm³/mol. The third-order valence-corrected chi connectivity index (χ3v) is 7.53. The summed E-state index contributed by atoms with van der Waals surface area (Å²) in [6, 6.07) is 8.58. The van der Waals surface area contributed by atoms with Gasteiger partial charge in [-0.15, -0.1) is 0 Å². The highest BCUT2D eigenvalue weighted by molar-refractivity contribution is 6.30. The van der Waals surface area contributed by atoms with Crippen LogP contribution in [-0.4, -0.2) is 23.4 Å². The van der Waals surface area contributed by atoms with Crippen LogP contribution in [0.2, 0.25) is 5.02 Å². The zero-order valence-corrected chi connectivity index (χ0v) is 14.9. The molecule has 1 aromatic rings. The summed E-state index contributed by atoms with van der Waals surface area (Å²) in [4.78, 5) is 15.4. The highest BCUT2D eigenvalue weighted by atomic mass is 35.5. The molecule has 6 rings (SSSR count). The number of carbonyl (C=O) groups excluding carboxylic acids is 1. The number of likely N-dealkylation sites (tertiary alicyclic amines) is 1. The summed E-state index contributed by atoms with van der Waals surface area (Å²) >= 11 is 5.98. The lowest BCUT2D eigenvalue weighted by Gasteiger charge is -2.56. The number of benzene rings is 1. The number of hydrogen-bond acceptors (Lipinski definition) is 1. The van der Waals surface area contributed by atoms with Crippen LogP contribution in [0.15, 0.2) is 24.3 Å². The molecule has 3 heteroatoms. The number of nitrogens with zero attached hydrogens (tertiary/aromatic N) is 1. The molecule has 0 radical (unpaired) electrons. The van der Waals surface area contributed by atoms with E-state index in [0.29, 0.717) is 11.9 Å². The minimum Gasteiger partial charge on any atom is -0.339 e. The lowest BCUT2D eigenvalue weighted by Crippen LogP contribution is -2.56. The Hall–Kier alpha value is -1.02. The summed E-state index contributed by atoms with van der Waals surface area (Å²) in [6.45, 7) is 0.990. The number of hydrogen-bond donors (Lipinski definition) is 0. The van der Waals surface area contributed by atoms with E-state index < -0.39 is 0 Å². The molecule has 4 saturated carbocycles. The highest BCUT2D eigenvalue weighted by Gasteiger charge is 2.52. The first-order valence-corrected chi connectivity index (χ1v) is 10.1. The van der Waals surface area contributed by atoms with E-state index in [1.165, 1.54) is 37.7 Å². The Morgan fingerprint density at radius 3 is 2.21 bits per heavy atom. The minimum absolute atomic E-state index is 0.184. The van der Waals surface area contributed by atoms with E-state index in [0.717, 1.165) is 48.1 Å². The monoisotopic (exact) mass is 343 g/mol. The maximum atomic E-state index is 13.1. The van der Waals surface area contributed by atoms with Gasteiger partial charge < -0.3 is 4.90 Å². The molecule has 1 atom stereocenters. The van der Waals surface area contributed by atoms with Gasteiger partial charge in [0.15, 0.2) is 0 Å². The van der Waals surface area contributed by atoms with Crippen LogP contribution >= 0.6 is 11.6 Å². The van der Waals surface area contributed by atoms with Crippen LogP contribution in [-0.2, 0) is 11.2 Å². The molecule has 5 aliphatic rings. The topological polar surface area (TPSA) is 20.3 Å². The molecule has 0 N–H and O–H groups in total. The number of halogens is 1. The number of carbonyl (C=O) groups is 1. The average Bonchev–Trinajstić information content (AvgIpc) is 2.90. The summed E-state index contributed by atoms with van der Waals surface area (Å²) in [6.07, 6.45) is 8.95. The first-order chi connectivity index (χ1) is 11.7. The molecule has 24 heavy (non-hydrogen) atoms. The highest BCUT2D eigenvalue weighted by Crippen LogP contribution is 2.55. The standard InChI is InChI=1S/C21H26ClNO/c22-19-3-1-13(2-4-19)8-16-5-6-23(21(16)24)20-17-9-14-7-15(11-17)12-18(20)10-14/h1-4,14-18,20H,5-12H2. The zero-order valence-electron chi connectivity index (χ0n) is 14.2. The lowest BCUT2D eigenvalue weighted by atomic mass is 9.54. The van der Waals surface area contributed by atoms with Crippen LogP contribution in [0.1, 0.15) is 44.1 Å². The van der Waals surface area contributed by atoms with Gasteiger partial charge in [-0.3, -0.25) is 4.79 Å². The summed E-state index contributed by atoms with van der Waals surface area (Å²) in [5.41, 5.74) is 1.24. The average molecular weight is 344 g/mol. The first-order valence-electron chi connectivity index (χ1n) is 9.72. The molecule has 1 aromatic carbocycles. The van der Waals surface area contributed by atoms with Gasteiger partial charge in [0.05, 0.1) is 0 Å². The van der Waals surface area contributed by atoms with Gasteiger partial charge in [-0.2, -0.15) is 0 Å². The molecule has 1 heterocycles. The molecular formula is C21H26ClNO. The second kappa shape index (κ2) is 5.76. The molecule has 2 nitrogen and oxygen atoms in total. The molecule has 1 unspecified atom stereocenters. The van der Waals surface area contributed by atoms with Crippen molar-refractivity contribution in [2.75, 3.05) is 6.54 Å². The zero-order chi connectivity index (χ0) is 16.3. The smallest absolute Gasteiger partial charge is 0.226 e. The Labute approximate surface area is 149 Å². The fourth-order valence-corrected chi connectivity index (χ4v) is 6.68. The van der Waals surface area contributed by atoms with Crippen LogP contribution in [0.3, 0.4) is 0 Å². The molecule has 0 spiro atoms.